The van der Waals surface area contributed by atoms with E-state index in [9.17, 15) is 9.59 Å². The van der Waals surface area contributed by atoms with Crippen molar-refractivity contribution in [2.24, 2.45) is 0 Å². The lowest BCUT2D eigenvalue weighted by Gasteiger charge is -2.03. The van der Waals surface area contributed by atoms with Crippen LogP contribution >= 0.6 is 0 Å². The summed E-state index contributed by atoms with van der Waals surface area (Å²) in [6, 6.07) is 4.92. The summed E-state index contributed by atoms with van der Waals surface area (Å²) in [6.45, 7) is 1.79. The minimum Gasteiger partial charge on any atom is -0.462 e. The maximum Gasteiger partial charge on any atom is 0.351 e. The van der Waals surface area contributed by atoms with Gasteiger partial charge in [-0.15, -0.1) is 0 Å². The van der Waals surface area contributed by atoms with E-state index < -0.39 is 5.97 Å². The van der Waals surface area contributed by atoms with Gasteiger partial charge in [-0.1, -0.05) is 0 Å². The molecule has 0 aromatic carbocycles. The molecule has 0 saturated carbocycles. The van der Waals surface area contributed by atoms with E-state index in [4.69, 9.17) is 10.00 Å². The Bertz CT molecular complexity index is 599. The first-order chi connectivity index (χ1) is 8.69. The van der Waals surface area contributed by atoms with Gasteiger partial charge in [-0.25, -0.2) is 4.79 Å². The number of hydrogen-bond acceptors (Lipinski definition) is 5. The lowest BCUT2D eigenvalue weighted by molar-refractivity contribution is -0.137. The molecular weight excluding hydrogens is 234 g/mol. The highest BCUT2D eigenvalue weighted by Gasteiger charge is 2.30. The Morgan fingerprint density at radius 3 is 3.06 bits per heavy atom. The molecule has 2 heterocycles. The van der Waals surface area contributed by atoms with Gasteiger partial charge in [0.2, 0.25) is 0 Å². The number of nitriles is 1. The van der Waals surface area contributed by atoms with Crippen LogP contribution in [0.4, 0.5) is 0 Å². The smallest absolute Gasteiger partial charge is 0.351 e. The molecule has 18 heavy (non-hydrogen) atoms. The van der Waals surface area contributed by atoms with E-state index in [1.807, 2.05) is 0 Å². The number of ether oxygens (including phenoxy) is 1. The maximum atomic E-state index is 11.6. The molecular formula is C12H9N3O3. The average Bonchev–Trinajstić information content (AvgIpc) is 2.69. The maximum absolute atomic E-state index is 11.6. The van der Waals surface area contributed by atoms with E-state index in [1.165, 1.54) is 6.20 Å². The molecule has 2 rings (SSSR count). The predicted octanol–water partition coefficient (Wildman–Crippen LogP) is 0.623. The molecule has 0 atom stereocenters. The van der Waals surface area contributed by atoms with Gasteiger partial charge >= 0.3 is 5.97 Å². The number of amides is 1. The Hall–Kier alpha value is -2.68. The Morgan fingerprint density at radius 1 is 1.61 bits per heavy atom. The molecule has 0 unspecified atom stereocenters. The summed E-state index contributed by atoms with van der Waals surface area (Å²) in [5.74, 6) is -1.15. The zero-order valence-corrected chi connectivity index (χ0v) is 9.56. The fraction of sp³-hybridized carbons (Fsp3) is 0.167. The van der Waals surface area contributed by atoms with E-state index in [0.717, 1.165) is 0 Å². The van der Waals surface area contributed by atoms with Gasteiger partial charge in [0.1, 0.15) is 11.8 Å². The first kappa shape index (κ1) is 11.8. The van der Waals surface area contributed by atoms with E-state index in [0.29, 0.717) is 11.3 Å². The molecule has 1 aliphatic rings. The van der Waals surface area contributed by atoms with Gasteiger partial charge in [-0.2, -0.15) is 5.26 Å². The average molecular weight is 243 g/mol. The van der Waals surface area contributed by atoms with E-state index in [2.05, 4.69) is 10.3 Å². The second-order valence-electron chi connectivity index (χ2n) is 3.44. The first-order valence-corrected chi connectivity index (χ1v) is 5.27. The van der Waals surface area contributed by atoms with Crippen molar-refractivity contribution in [1.29, 1.82) is 5.26 Å². The SMILES string of the molecule is CCOC(=O)/C(C#N)=C1\NC(=O)c2cccnc21. The van der Waals surface area contributed by atoms with Crippen molar-refractivity contribution in [2.45, 2.75) is 6.92 Å². The van der Waals surface area contributed by atoms with Crippen molar-refractivity contribution < 1.29 is 14.3 Å². The van der Waals surface area contributed by atoms with Crippen molar-refractivity contribution in [1.82, 2.24) is 10.3 Å². The molecule has 6 nitrogen and oxygen atoms in total. The number of esters is 1. The zero-order chi connectivity index (χ0) is 13.1. The zero-order valence-electron chi connectivity index (χ0n) is 9.56. The Labute approximate surface area is 103 Å². The number of nitrogens with zero attached hydrogens (tertiary/aromatic N) is 2. The molecule has 1 N–H and O–H groups in total. The highest BCUT2D eigenvalue weighted by atomic mass is 16.5. The minimum absolute atomic E-state index is 0.108. The minimum atomic E-state index is -0.770. The molecule has 6 heteroatoms. The molecule has 0 bridgehead atoms. The fourth-order valence-electron chi connectivity index (χ4n) is 1.62. The van der Waals surface area contributed by atoms with Crippen molar-refractivity contribution in [3.05, 3.63) is 35.2 Å². The molecule has 0 fully saturated rings. The summed E-state index contributed by atoms with van der Waals surface area (Å²) in [5.41, 5.74) is 0.496. The topological polar surface area (TPSA) is 92.1 Å². The summed E-state index contributed by atoms with van der Waals surface area (Å²) >= 11 is 0. The van der Waals surface area contributed by atoms with Crippen LogP contribution in [0.25, 0.3) is 5.70 Å². The molecule has 0 radical (unpaired) electrons. The van der Waals surface area contributed by atoms with Crippen LogP contribution in [0.5, 0.6) is 0 Å². The third kappa shape index (κ3) is 1.82. The third-order valence-corrected chi connectivity index (χ3v) is 2.37. The summed E-state index contributed by atoms with van der Waals surface area (Å²) in [5, 5.41) is 11.5. The summed E-state index contributed by atoms with van der Waals surface area (Å²) in [7, 11) is 0. The van der Waals surface area contributed by atoms with Gasteiger partial charge < -0.3 is 10.1 Å². The third-order valence-electron chi connectivity index (χ3n) is 2.37. The van der Waals surface area contributed by atoms with Crippen LogP contribution in [0.3, 0.4) is 0 Å². The number of carbonyl (C=O) groups is 2. The van der Waals surface area contributed by atoms with Crippen molar-refractivity contribution in [3.8, 4) is 6.07 Å². The molecule has 0 spiro atoms. The predicted molar refractivity (Wildman–Crippen MR) is 60.9 cm³/mol. The molecule has 0 saturated heterocycles. The molecule has 1 aromatic rings. The van der Waals surface area contributed by atoms with Gasteiger partial charge in [0, 0.05) is 6.20 Å². The molecule has 1 amide bonds. The van der Waals surface area contributed by atoms with Gasteiger partial charge in [0.25, 0.3) is 5.91 Å². The van der Waals surface area contributed by atoms with Crippen molar-refractivity contribution in [3.63, 3.8) is 0 Å². The van der Waals surface area contributed by atoms with Crippen LogP contribution in [-0.2, 0) is 9.53 Å². The largest absolute Gasteiger partial charge is 0.462 e. The van der Waals surface area contributed by atoms with Crippen LogP contribution in [0, 0.1) is 11.3 Å². The normalized spacial score (nSPS) is 15.4. The van der Waals surface area contributed by atoms with Crippen LogP contribution in [-0.4, -0.2) is 23.5 Å². The molecule has 1 aromatic heterocycles. The highest BCUT2D eigenvalue weighted by molar-refractivity contribution is 6.13. The van der Waals surface area contributed by atoms with Gasteiger partial charge in [-0.05, 0) is 19.1 Å². The molecule has 90 valence electrons. The number of carbonyl (C=O) groups excluding carboxylic acids is 2. The number of aromatic nitrogens is 1. The van der Waals surface area contributed by atoms with Gasteiger partial charge in [0.15, 0.2) is 5.57 Å². The highest BCUT2D eigenvalue weighted by Crippen LogP contribution is 2.24. The standard InChI is InChI=1S/C12H9N3O3/c1-2-18-12(17)8(6-13)10-9-7(11(16)15-10)4-3-5-14-9/h3-5H,2H2,1H3,(H,15,16)/b10-8-. The molecule has 1 aliphatic heterocycles. The number of nitrogens with one attached hydrogen (secondary N) is 1. The monoisotopic (exact) mass is 243 g/mol. The fourth-order valence-corrected chi connectivity index (χ4v) is 1.62. The van der Waals surface area contributed by atoms with Crippen LogP contribution < -0.4 is 5.32 Å². The second-order valence-corrected chi connectivity index (χ2v) is 3.44. The summed E-state index contributed by atoms with van der Waals surface area (Å²) in [6.07, 6.45) is 1.49. The lowest BCUT2D eigenvalue weighted by Crippen LogP contribution is -2.17. The number of rotatable bonds is 2. The van der Waals surface area contributed by atoms with E-state index in [-0.39, 0.29) is 23.8 Å². The summed E-state index contributed by atoms with van der Waals surface area (Å²) in [4.78, 5) is 27.2. The second kappa shape index (κ2) is 4.67. The summed E-state index contributed by atoms with van der Waals surface area (Å²) < 4.78 is 4.76. The Kier molecular flexibility index (Phi) is 3.06. The first-order valence-electron chi connectivity index (χ1n) is 5.27. The van der Waals surface area contributed by atoms with E-state index in [1.54, 1.807) is 25.1 Å². The Balaban J connectivity index is 2.55. The van der Waals surface area contributed by atoms with Crippen molar-refractivity contribution in [2.75, 3.05) is 6.61 Å². The van der Waals surface area contributed by atoms with Crippen molar-refractivity contribution >= 4 is 17.6 Å². The Morgan fingerprint density at radius 2 is 2.39 bits per heavy atom. The number of hydrogen-bond donors (Lipinski definition) is 1. The van der Waals surface area contributed by atoms with Crippen LogP contribution in [0.15, 0.2) is 23.9 Å². The molecule has 0 aliphatic carbocycles. The van der Waals surface area contributed by atoms with E-state index >= 15 is 0 Å². The number of pyridine rings is 1. The number of fused-ring (bicyclic) bond motifs is 1. The lowest BCUT2D eigenvalue weighted by atomic mass is 10.1. The van der Waals surface area contributed by atoms with Crippen LogP contribution in [0.2, 0.25) is 0 Å². The van der Waals surface area contributed by atoms with Gasteiger partial charge in [0.05, 0.1) is 17.9 Å². The quantitative estimate of drug-likeness (QED) is 0.467. The van der Waals surface area contributed by atoms with Gasteiger partial charge in [-0.3, -0.25) is 9.78 Å². The van der Waals surface area contributed by atoms with Crippen LogP contribution in [0.1, 0.15) is 23.0 Å².